The van der Waals surface area contributed by atoms with Gasteiger partial charge in [-0.3, -0.25) is 0 Å². The third-order valence-corrected chi connectivity index (χ3v) is 3.42. The first-order valence-electron chi connectivity index (χ1n) is 5.57. The predicted octanol–water partition coefficient (Wildman–Crippen LogP) is 2.53. The van der Waals surface area contributed by atoms with Crippen LogP contribution in [0.25, 0.3) is 0 Å². The molecule has 1 aromatic heterocycles. The third kappa shape index (κ3) is 3.03. The molecule has 0 aliphatic heterocycles. The van der Waals surface area contributed by atoms with Gasteiger partial charge >= 0.3 is 5.97 Å². The number of aromatic nitrogens is 2. The van der Waals surface area contributed by atoms with Crippen molar-refractivity contribution in [3.63, 3.8) is 0 Å². The van der Waals surface area contributed by atoms with Gasteiger partial charge in [-0.05, 0) is 48.9 Å². The van der Waals surface area contributed by atoms with Gasteiger partial charge in [-0.15, -0.1) is 0 Å². The topological polar surface area (TPSA) is 89.1 Å². The van der Waals surface area contributed by atoms with Crippen LogP contribution in [0.1, 0.15) is 21.5 Å². The standard InChI is InChI=1S/C13H13N3O2S/c1-7-5-15-13(16-6-7)19-9-3-8(2)11(14)10(4-9)12(17)18/h3-6H,14H2,1-2H3,(H,17,18). The van der Waals surface area contributed by atoms with Crippen molar-refractivity contribution in [1.29, 1.82) is 0 Å². The summed E-state index contributed by atoms with van der Waals surface area (Å²) < 4.78 is 0. The predicted molar refractivity (Wildman–Crippen MR) is 73.4 cm³/mol. The second kappa shape index (κ2) is 5.27. The molecule has 0 spiro atoms. The van der Waals surface area contributed by atoms with Crippen molar-refractivity contribution in [2.45, 2.75) is 23.9 Å². The number of carboxylic acids is 1. The number of carboxylic acid groups (broad SMARTS) is 1. The Morgan fingerprint density at radius 1 is 1.26 bits per heavy atom. The molecule has 0 saturated carbocycles. The van der Waals surface area contributed by atoms with Gasteiger partial charge in [-0.2, -0.15) is 0 Å². The Labute approximate surface area is 114 Å². The molecule has 0 bridgehead atoms. The fourth-order valence-corrected chi connectivity index (χ4v) is 2.37. The summed E-state index contributed by atoms with van der Waals surface area (Å²) in [6, 6.07) is 3.37. The van der Waals surface area contributed by atoms with Crippen LogP contribution in [0.4, 0.5) is 5.69 Å². The second-order valence-corrected chi connectivity index (χ2v) is 5.19. The number of anilines is 1. The Hall–Kier alpha value is -2.08. The van der Waals surface area contributed by atoms with Crippen molar-refractivity contribution in [3.05, 3.63) is 41.2 Å². The van der Waals surface area contributed by atoms with Gasteiger partial charge in [0.25, 0.3) is 0 Å². The largest absolute Gasteiger partial charge is 0.478 e. The van der Waals surface area contributed by atoms with Crippen LogP contribution in [0.2, 0.25) is 0 Å². The van der Waals surface area contributed by atoms with Crippen LogP contribution in [0, 0.1) is 13.8 Å². The molecule has 0 atom stereocenters. The number of benzene rings is 1. The van der Waals surface area contributed by atoms with Crippen LogP contribution in [0.15, 0.2) is 34.6 Å². The van der Waals surface area contributed by atoms with Crippen LogP contribution in [-0.2, 0) is 0 Å². The summed E-state index contributed by atoms with van der Waals surface area (Å²) in [5.41, 5.74) is 7.85. The van der Waals surface area contributed by atoms with Gasteiger partial charge in [0.15, 0.2) is 5.16 Å². The SMILES string of the molecule is Cc1cnc(Sc2cc(C)c(N)c(C(=O)O)c2)nc1. The maximum Gasteiger partial charge on any atom is 0.337 e. The first-order chi connectivity index (χ1) is 8.97. The number of nitrogens with two attached hydrogens (primary N) is 1. The fourth-order valence-electron chi connectivity index (χ4n) is 1.54. The Morgan fingerprint density at radius 2 is 1.89 bits per heavy atom. The van der Waals surface area contributed by atoms with Gasteiger partial charge in [0.2, 0.25) is 0 Å². The van der Waals surface area contributed by atoms with Gasteiger partial charge in [-0.25, -0.2) is 14.8 Å². The molecule has 19 heavy (non-hydrogen) atoms. The van der Waals surface area contributed by atoms with E-state index in [2.05, 4.69) is 9.97 Å². The number of aryl methyl sites for hydroxylation is 2. The second-order valence-electron chi connectivity index (χ2n) is 4.15. The number of nitrogen functional groups attached to an aromatic ring is 1. The molecule has 0 amide bonds. The average Bonchev–Trinajstić information content (AvgIpc) is 2.36. The summed E-state index contributed by atoms with van der Waals surface area (Å²) >= 11 is 1.31. The highest BCUT2D eigenvalue weighted by atomic mass is 32.2. The first-order valence-corrected chi connectivity index (χ1v) is 6.39. The smallest absolute Gasteiger partial charge is 0.337 e. The molecule has 0 aliphatic carbocycles. The number of hydrogen-bond donors (Lipinski definition) is 2. The summed E-state index contributed by atoms with van der Waals surface area (Å²) in [5.74, 6) is -1.03. The first kappa shape index (κ1) is 13.4. The molecule has 0 saturated heterocycles. The quantitative estimate of drug-likeness (QED) is 0.661. The molecule has 0 aliphatic rings. The summed E-state index contributed by atoms with van der Waals surface area (Å²) in [6.07, 6.45) is 3.44. The van der Waals surface area contributed by atoms with Gasteiger partial charge in [-0.1, -0.05) is 0 Å². The molecule has 3 N–H and O–H groups in total. The Kier molecular flexibility index (Phi) is 3.71. The molecule has 1 aromatic carbocycles. The van der Waals surface area contributed by atoms with Crippen LogP contribution >= 0.6 is 11.8 Å². The lowest BCUT2D eigenvalue weighted by atomic mass is 10.1. The molecular formula is C13H13N3O2S. The van der Waals surface area contributed by atoms with Gasteiger partial charge < -0.3 is 10.8 Å². The molecular weight excluding hydrogens is 262 g/mol. The molecule has 98 valence electrons. The average molecular weight is 275 g/mol. The van der Waals surface area contributed by atoms with Crippen LogP contribution in [0.5, 0.6) is 0 Å². The van der Waals surface area contributed by atoms with Crippen LogP contribution < -0.4 is 5.73 Å². The normalized spacial score (nSPS) is 10.4. The lowest BCUT2D eigenvalue weighted by Gasteiger charge is -2.08. The summed E-state index contributed by atoms with van der Waals surface area (Å²) in [5, 5.41) is 9.67. The number of hydrogen-bond acceptors (Lipinski definition) is 5. The van der Waals surface area contributed by atoms with E-state index in [-0.39, 0.29) is 5.56 Å². The van der Waals surface area contributed by atoms with E-state index in [4.69, 9.17) is 10.8 Å². The highest BCUT2D eigenvalue weighted by Gasteiger charge is 2.12. The van der Waals surface area contributed by atoms with E-state index < -0.39 is 5.97 Å². The summed E-state index contributed by atoms with van der Waals surface area (Å²) in [4.78, 5) is 20.2. The van der Waals surface area contributed by atoms with E-state index in [0.717, 1.165) is 16.0 Å². The number of rotatable bonds is 3. The zero-order valence-corrected chi connectivity index (χ0v) is 11.4. The molecule has 5 nitrogen and oxygen atoms in total. The van der Waals surface area contributed by atoms with E-state index in [1.54, 1.807) is 25.4 Å². The molecule has 2 aromatic rings. The molecule has 0 unspecified atom stereocenters. The maximum absolute atomic E-state index is 11.1. The molecule has 0 fully saturated rings. The van der Waals surface area contributed by atoms with Crippen molar-refractivity contribution >= 4 is 23.4 Å². The third-order valence-electron chi connectivity index (χ3n) is 2.56. The number of nitrogens with zero attached hydrogens (tertiary/aromatic N) is 2. The van der Waals surface area contributed by atoms with Crippen molar-refractivity contribution in [2.24, 2.45) is 0 Å². The van der Waals surface area contributed by atoms with E-state index in [1.807, 2.05) is 13.0 Å². The van der Waals surface area contributed by atoms with Gasteiger partial charge in [0.05, 0.1) is 5.56 Å². The van der Waals surface area contributed by atoms with Crippen LogP contribution in [0.3, 0.4) is 0 Å². The lowest BCUT2D eigenvalue weighted by Crippen LogP contribution is -2.04. The van der Waals surface area contributed by atoms with Gasteiger partial charge in [0, 0.05) is 23.0 Å². The van der Waals surface area contributed by atoms with Gasteiger partial charge in [0.1, 0.15) is 0 Å². The maximum atomic E-state index is 11.1. The van der Waals surface area contributed by atoms with Crippen molar-refractivity contribution in [1.82, 2.24) is 9.97 Å². The van der Waals surface area contributed by atoms with E-state index in [1.165, 1.54) is 11.8 Å². The zero-order valence-electron chi connectivity index (χ0n) is 10.5. The minimum atomic E-state index is -1.03. The summed E-state index contributed by atoms with van der Waals surface area (Å²) in [7, 11) is 0. The van der Waals surface area contributed by atoms with Crippen molar-refractivity contribution < 1.29 is 9.90 Å². The Morgan fingerprint density at radius 3 is 2.47 bits per heavy atom. The Balaban J connectivity index is 2.35. The monoisotopic (exact) mass is 275 g/mol. The molecule has 2 rings (SSSR count). The zero-order chi connectivity index (χ0) is 14.0. The minimum absolute atomic E-state index is 0.106. The molecule has 6 heteroatoms. The highest BCUT2D eigenvalue weighted by molar-refractivity contribution is 7.99. The van der Waals surface area contributed by atoms with Crippen LogP contribution in [-0.4, -0.2) is 21.0 Å². The minimum Gasteiger partial charge on any atom is -0.478 e. The van der Waals surface area contributed by atoms with E-state index in [9.17, 15) is 4.79 Å². The number of carbonyl (C=O) groups is 1. The fraction of sp³-hybridized carbons (Fsp3) is 0.154. The highest BCUT2D eigenvalue weighted by Crippen LogP contribution is 2.29. The van der Waals surface area contributed by atoms with E-state index >= 15 is 0 Å². The number of aromatic carboxylic acids is 1. The molecule has 1 heterocycles. The van der Waals surface area contributed by atoms with E-state index in [0.29, 0.717) is 10.8 Å². The van der Waals surface area contributed by atoms with Crippen molar-refractivity contribution in [2.75, 3.05) is 5.73 Å². The Bertz CT molecular complexity index is 627. The molecule has 0 radical (unpaired) electrons. The van der Waals surface area contributed by atoms with Crippen molar-refractivity contribution in [3.8, 4) is 0 Å². The summed E-state index contributed by atoms with van der Waals surface area (Å²) in [6.45, 7) is 3.69. The lowest BCUT2D eigenvalue weighted by molar-refractivity contribution is 0.0697.